The maximum atomic E-state index is 11.0. The molecule has 1 aromatic carbocycles. The van der Waals surface area contributed by atoms with Gasteiger partial charge in [0, 0.05) is 0 Å². The fourth-order valence-corrected chi connectivity index (χ4v) is 1.83. The third-order valence-corrected chi connectivity index (χ3v) is 2.91. The molecule has 18 heavy (non-hydrogen) atoms. The highest BCUT2D eigenvalue weighted by Crippen LogP contribution is 2.40. The molecule has 1 aliphatic heterocycles. The van der Waals surface area contributed by atoms with Crippen LogP contribution in [0.5, 0.6) is 11.5 Å². The first-order valence-electron chi connectivity index (χ1n) is 5.56. The van der Waals surface area contributed by atoms with Crippen LogP contribution in [-0.4, -0.2) is 22.9 Å². The number of benzene rings is 1. The number of rotatable bonds is 4. The van der Waals surface area contributed by atoms with Crippen LogP contribution in [0.2, 0.25) is 0 Å². The third kappa shape index (κ3) is 2.09. The highest BCUT2D eigenvalue weighted by Gasteiger charge is 2.29. The van der Waals surface area contributed by atoms with Crippen molar-refractivity contribution in [3.63, 3.8) is 0 Å². The molecule has 0 aromatic heterocycles. The zero-order valence-corrected chi connectivity index (χ0v) is 9.83. The Hall–Kier alpha value is -1.86. The lowest BCUT2D eigenvalue weighted by Gasteiger charge is -2.17. The van der Waals surface area contributed by atoms with Gasteiger partial charge in [-0.05, 0) is 12.5 Å². The van der Waals surface area contributed by atoms with Crippen LogP contribution in [0.1, 0.15) is 24.9 Å². The van der Waals surface area contributed by atoms with E-state index in [1.54, 1.807) is 6.92 Å². The summed E-state index contributed by atoms with van der Waals surface area (Å²) >= 11 is 0. The number of fused-ring (bicyclic) bond motifs is 1. The van der Waals surface area contributed by atoms with Crippen molar-refractivity contribution in [2.24, 2.45) is 5.73 Å². The first-order chi connectivity index (χ1) is 8.54. The third-order valence-electron chi connectivity index (χ3n) is 2.91. The van der Waals surface area contributed by atoms with Gasteiger partial charge in [0.25, 0.3) is 5.69 Å². The SMILES string of the molecule is CC[C@@H](O)[C@@H](N)c1cc2c(cc1[N+](=O)[O-])OCO2. The second kappa shape index (κ2) is 4.79. The van der Waals surface area contributed by atoms with Gasteiger partial charge in [0.1, 0.15) is 0 Å². The van der Waals surface area contributed by atoms with Gasteiger partial charge < -0.3 is 20.3 Å². The largest absolute Gasteiger partial charge is 0.454 e. The first-order valence-corrected chi connectivity index (χ1v) is 5.56. The van der Waals surface area contributed by atoms with E-state index in [1.165, 1.54) is 12.1 Å². The number of nitro groups is 1. The number of hydrogen-bond acceptors (Lipinski definition) is 6. The molecule has 0 radical (unpaired) electrons. The van der Waals surface area contributed by atoms with Crippen LogP contribution in [0.3, 0.4) is 0 Å². The normalized spacial score (nSPS) is 16.4. The van der Waals surface area contributed by atoms with Gasteiger partial charge in [0.2, 0.25) is 6.79 Å². The summed E-state index contributed by atoms with van der Waals surface area (Å²) in [5.41, 5.74) is 5.91. The molecular formula is C11H14N2O5. The van der Waals surface area contributed by atoms with Gasteiger partial charge in [-0.1, -0.05) is 6.92 Å². The van der Waals surface area contributed by atoms with E-state index in [-0.39, 0.29) is 18.0 Å². The molecule has 0 saturated carbocycles. The monoisotopic (exact) mass is 254 g/mol. The van der Waals surface area contributed by atoms with Crippen molar-refractivity contribution in [3.8, 4) is 11.5 Å². The smallest absolute Gasteiger partial charge is 0.278 e. The molecule has 7 heteroatoms. The Morgan fingerprint density at radius 1 is 1.50 bits per heavy atom. The van der Waals surface area contributed by atoms with Crippen LogP contribution in [0.4, 0.5) is 5.69 Å². The van der Waals surface area contributed by atoms with E-state index in [2.05, 4.69) is 0 Å². The topological polar surface area (TPSA) is 108 Å². The number of nitro benzene ring substituents is 1. The number of hydrogen-bond donors (Lipinski definition) is 2. The van der Waals surface area contributed by atoms with Gasteiger partial charge >= 0.3 is 0 Å². The maximum Gasteiger partial charge on any atom is 0.278 e. The van der Waals surface area contributed by atoms with Crippen LogP contribution in [0.25, 0.3) is 0 Å². The van der Waals surface area contributed by atoms with E-state index in [9.17, 15) is 15.2 Å². The predicted octanol–water partition coefficient (Wildman–Crippen LogP) is 1.09. The van der Waals surface area contributed by atoms with E-state index in [0.717, 1.165) is 0 Å². The minimum absolute atomic E-state index is 0.0293. The van der Waals surface area contributed by atoms with Crippen molar-refractivity contribution < 1.29 is 19.5 Å². The summed E-state index contributed by atoms with van der Waals surface area (Å²) in [5.74, 6) is 0.734. The fourth-order valence-electron chi connectivity index (χ4n) is 1.83. The Bertz CT molecular complexity index is 477. The van der Waals surface area contributed by atoms with Crippen LogP contribution in [-0.2, 0) is 0 Å². The fraction of sp³-hybridized carbons (Fsp3) is 0.455. The highest BCUT2D eigenvalue weighted by molar-refractivity contribution is 5.56. The van der Waals surface area contributed by atoms with Crippen LogP contribution < -0.4 is 15.2 Å². The first kappa shape index (κ1) is 12.6. The number of aliphatic hydroxyl groups is 1. The van der Waals surface area contributed by atoms with E-state index >= 15 is 0 Å². The molecule has 98 valence electrons. The van der Waals surface area contributed by atoms with Gasteiger partial charge in [-0.3, -0.25) is 10.1 Å². The zero-order valence-electron chi connectivity index (χ0n) is 9.83. The van der Waals surface area contributed by atoms with Crippen molar-refractivity contribution in [1.82, 2.24) is 0 Å². The Morgan fingerprint density at radius 3 is 2.67 bits per heavy atom. The predicted molar refractivity (Wildman–Crippen MR) is 62.4 cm³/mol. The number of nitrogens with zero attached hydrogens (tertiary/aromatic N) is 1. The van der Waals surface area contributed by atoms with Crippen LogP contribution in [0.15, 0.2) is 12.1 Å². The summed E-state index contributed by atoms with van der Waals surface area (Å²) < 4.78 is 10.2. The molecule has 0 bridgehead atoms. The Balaban J connectivity index is 2.47. The molecule has 1 aromatic rings. The average molecular weight is 254 g/mol. The van der Waals surface area contributed by atoms with Crippen molar-refractivity contribution in [2.75, 3.05) is 6.79 Å². The van der Waals surface area contributed by atoms with E-state index in [1.807, 2.05) is 0 Å². The molecule has 0 spiro atoms. The highest BCUT2D eigenvalue weighted by atomic mass is 16.7. The molecule has 0 aliphatic carbocycles. The van der Waals surface area contributed by atoms with Crippen molar-refractivity contribution in [1.29, 1.82) is 0 Å². The molecule has 2 atom stereocenters. The van der Waals surface area contributed by atoms with Gasteiger partial charge in [0.05, 0.1) is 28.7 Å². The van der Waals surface area contributed by atoms with Crippen LogP contribution >= 0.6 is 0 Å². The lowest BCUT2D eigenvalue weighted by atomic mass is 9.98. The lowest BCUT2D eigenvalue weighted by Crippen LogP contribution is -2.26. The summed E-state index contributed by atoms with van der Waals surface area (Å²) in [5, 5.41) is 20.7. The van der Waals surface area contributed by atoms with Crippen molar-refractivity contribution in [2.45, 2.75) is 25.5 Å². The average Bonchev–Trinajstić information content (AvgIpc) is 2.82. The maximum absolute atomic E-state index is 11.0. The molecule has 0 amide bonds. The van der Waals surface area contributed by atoms with E-state index in [0.29, 0.717) is 17.9 Å². The molecule has 0 fully saturated rings. The molecule has 1 aliphatic rings. The summed E-state index contributed by atoms with van der Waals surface area (Å²) in [4.78, 5) is 10.5. The molecule has 0 unspecified atom stereocenters. The molecule has 1 heterocycles. The van der Waals surface area contributed by atoms with Crippen molar-refractivity contribution in [3.05, 3.63) is 27.8 Å². The summed E-state index contributed by atoms with van der Waals surface area (Å²) in [6.07, 6.45) is -0.434. The summed E-state index contributed by atoms with van der Waals surface area (Å²) in [6.45, 7) is 1.78. The molecule has 2 rings (SSSR count). The van der Waals surface area contributed by atoms with Gasteiger partial charge in [-0.2, -0.15) is 0 Å². The lowest BCUT2D eigenvalue weighted by molar-refractivity contribution is -0.385. The Labute approximate surface area is 103 Å². The van der Waals surface area contributed by atoms with E-state index < -0.39 is 17.1 Å². The van der Waals surface area contributed by atoms with Gasteiger partial charge in [-0.25, -0.2) is 0 Å². The van der Waals surface area contributed by atoms with Gasteiger partial charge in [-0.15, -0.1) is 0 Å². The molecule has 3 N–H and O–H groups in total. The number of aliphatic hydroxyl groups excluding tert-OH is 1. The number of nitrogens with two attached hydrogens (primary N) is 1. The summed E-state index contributed by atoms with van der Waals surface area (Å²) in [7, 11) is 0. The zero-order chi connectivity index (χ0) is 13.3. The van der Waals surface area contributed by atoms with Crippen LogP contribution in [0, 0.1) is 10.1 Å². The second-order valence-electron chi connectivity index (χ2n) is 4.02. The second-order valence-corrected chi connectivity index (χ2v) is 4.02. The van der Waals surface area contributed by atoms with Crippen molar-refractivity contribution >= 4 is 5.69 Å². The molecular weight excluding hydrogens is 240 g/mol. The minimum Gasteiger partial charge on any atom is -0.454 e. The van der Waals surface area contributed by atoms with E-state index in [4.69, 9.17) is 15.2 Å². The minimum atomic E-state index is -0.843. The Kier molecular flexibility index (Phi) is 3.35. The quantitative estimate of drug-likeness (QED) is 0.615. The Morgan fingerprint density at radius 2 is 2.11 bits per heavy atom. The standard InChI is InChI=1S/C11H14N2O5/c1-2-8(14)11(12)6-3-9-10(18-5-17-9)4-7(6)13(15)16/h3-4,8,11,14H,2,5,12H2,1H3/t8-,11+/m1/s1. The summed E-state index contributed by atoms with van der Waals surface area (Å²) in [6, 6.07) is 1.91. The van der Waals surface area contributed by atoms with Gasteiger partial charge in [0.15, 0.2) is 11.5 Å². The molecule has 7 nitrogen and oxygen atoms in total. The molecule has 0 saturated heterocycles. The number of ether oxygens (including phenoxy) is 2.